The van der Waals surface area contributed by atoms with Crippen LogP contribution < -0.4 is 0 Å². The van der Waals surface area contributed by atoms with Gasteiger partial charge in [-0.3, -0.25) is 4.79 Å². The van der Waals surface area contributed by atoms with Crippen molar-refractivity contribution in [1.29, 1.82) is 0 Å². The summed E-state index contributed by atoms with van der Waals surface area (Å²) in [6.45, 7) is 1.46. The second kappa shape index (κ2) is 6.49. The smallest absolute Gasteiger partial charge is 0.225 e. The highest BCUT2D eigenvalue weighted by atomic mass is 32.2. The summed E-state index contributed by atoms with van der Waals surface area (Å²) in [6.07, 6.45) is 2.93. The molecule has 1 aliphatic rings. The maximum Gasteiger partial charge on any atom is 0.225 e. The number of nitrogens with zero attached hydrogens (tertiary/aromatic N) is 2. The molecule has 1 rings (SSSR count). The van der Waals surface area contributed by atoms with Crippen LogP contribution in [0, 0.1) is 5.92 Å². The van der Waals surface area contributed by atoms with Crippen LogP contribution in [-0.2, 0) is 14.8 Å². The number of sulfonamides is 1. The molecule has 0 spiro atoms. The topological polar surface area (TPSA) is 77.9 Å². The minimum absolute atomic E-state index is 0.0524. The molecule has 0 aromatic rings. The Balaban J connectivity index is 2.45. The third-order valence-electron chi connectivity index (χ3n) is 3.30. The van der Waals surface area contributed by atoms with Gasteiger partial charge in [0.15, 0.2) is 0 Å². The van der Waals surface area contributed by atoms with Crippen molar-refractivity contribution >= 4 is 15.9 Å². The van der Waals surface area contributed by atoms with E-state index in [2.05, 4.69) is 0 Å². The average molecular weight is 278 g/mol. The van der Waals surface area contributed by atoms with E-state index in [0.717, 1.165) is 0 Å². The summed E-state index contributed by atoms with van der Waals surface area (Å²) in [5, 5.41) is 8.72. The molecule has 0 aliphatic carbocycles. The van der Waals surface area contributed by atoms with Crippen LogP contribution in [0.4, 0.5) is 0 Å². The molecule has 0 bridgehead atoms. The highest BCUT2D eigenvalue weighted by Gasteiger charge is 2.30. The fourth-order valence-corrected chi connectivity index (χ4v) is 3.04. The van der Waals surface area contributed by atoms with Crippen molar-refractivity contribution in [1.82, 2.24) is 9.21 Å². The summed E-state index contributed by atoms with van der Waals surface area (Å²) in [5.74, 6) is -0.0386. The summed E-state index contributed by atoms with van der Waals surface area (Å²) in [4.78, 5) is 13.7. The largest absolute Gasteiger partial charge is 0.396 e. The van der Waals surface area contributed by atoms with Gasteiger partial charge in [0, 0.05) is 39.2 Å². The Bertz CT molecular complexity index is 375. The number of hydrogen-bond acceptors (Lipinski definition) is 4. The normalized spacial score (nSPS) is 18.8. The molecule has 0 aromatic carbocycles. The molecule has 18 heavy (non-hydrogen) atoms. The van der Waals surface area contributed by atoms with Crippen LogP contribution in [0.25, 0.3) is 0 Å². The summed E-state index contributed by atoms with van der Waals surface area (Å²) >= 11 is 0. The zero-order valence-electron chi connectivity index (χ0n) is 11.0. The number of piperidine rings is 1. The maximum absolute atomic E-state index is 12.0. The van der Waals surface area contributed by atoms with E-state index < -0.39 is 10.0 Å². The highest BCUT2D eigenvalue weighted by molar-refractivity contribution is 7.88. The van der Waals surface area contributed by atoms with E-state index >= 15 is 0 Å². The van der Waals surface area contributed by atoms with Crippen molar-refractivity contribution in [3.63, 3.8) is 0 Å². The van der Waals surface area contributed by atoms with Crippen LogP contribution in [0.3, 0.4) is 0 Å². The lowest BCUT2D eigenvalue weighted by atomic mass is 9.96. The molecule has 106 valence electrons. The van der Waals surface area contributed by atoms with Gasteiger partial charge < -0.3 is 10.0 Å². The SMILES string of the molecule is CN(CCCO)C(=O)C1CCN(S(C)(=O)=O)CC1. The Morgan fingerprint density at radius 1 is 1.39 bits per heavy atom. The first-order valence-electron chi connectivity index (χ1n) is 6.17. The molecule has 7 heteroatoms. The Morgan fingerprint density at radius 2 is 1.94 bits per heavy atom. The van der Waals surface area contributed by atoms with Crippen LogP contribution >= 0.6 is 0 Å². The molecule has 1 fully saturated rings. The van der Waals surface area contributed by atoms with Crippen molar-refractivity contribution in [2.24, 2.45) is 5.92 Å². The second-order valence-corrected chi connectivity index (χ2v) is 6.76. The maximum atomic E-state index is 12.0. The molecular formula is C11H22N2O4S. The molecule has 0 radical (unpaired) electrons. The molecule has 1 saturated heterocycles. The van der Waals surface area contributed by atoms with E-state index in [9.17, 15) is 13.2 Å². The summed E-state index contributed by atoms with van der Waals surface area (Å²) in [7, 11) is -1.41. The summed E-state index contributed by atoms with van der Waals surface area (Å²) < 4.78 is 24.1. The molecule has 0 saturated carbocycles. The molecule has 0 unspecified atom stereocenters. The van der Waals surface area contributed by atoms with Crippen LogP contribution in [0.1, 0.15) is 19.3 Å². The van der Waals surface area contributed by atoms with E-state index in [0.29, 0.717) is 38.9 Å². The Labute approximate surface area is 109 Å². The molecule has 0 aromatic heterocycles. The van der Waals surface area contributed by atoms with Crippen molar-refractivity contribution in [3.8, 4) is 0 Å². The average Bonchev–Trinajstić information content (AvgIpc) is 2.34. The molecule has 1 amide bonds. The first-order valence-corrected chi connectivity index (χ1v) is 8.02. The van der Waals surface area contributed by atoms with Crippen molar-refractivity contribution in [3.05, 3.63) is 0 Å². The molecule has 1 aliphatic heterocycles. The van der Waals surface area contributed by atoms with E-state index in [1.165, 1.54) is 10.6 Å². The highest BCUT2D eigenvalue weighted by Crippen LogP contribution is 2.20. The van der Waals surface area contributed by atoms with Crippen LogP contribution in [0.2, 0.25) is 0 Å². The zero-order valence-corrected chi connectivity index (χ0v) is 11.8. The molecular weight excluding hydrogens is 256 g/mol. The molecule has 0 atom stereocenters. The predicted octanol–water partition coefficient (Wildman–Crippen LogP) is -0.501. The van der Waals surface area contributed by atoms with Gasteiger partial charge >= 0.3 is 0 Å². The van der Waals surface area contributed by atoms with Crippen molar-refractivity contribution in [2.45, 2.75) is 19.3 Å². The number of amides is 1. The van der Waals surface area contributed by atoms with Crippen LogP contribution in [0.5, 0.6) is 0 Å². The summed E-state index contributed by atoms with van der Waals surface area (Å²) in [5.41, 5.74) is 0. The van der Waals surface area contributed by atoms with Crippen molar-refractivity contribution in [2.75, 3.05) is 39.5 Å². The number of hydrogen-bond donors (Lipinski definition) is 1. The fourth-order valence-electron chi connectivity index (χ4n) is 2.16. The zero-order chi connectivity index (χ0) is 13.8. The fraction of sp³-hybridized carbons (Fsp3) is 0.909. The third kappa shape index (κ3) is 4.22. The van der Waals surface area contributed by atoms with Gasteiger partial charge in [0.1, 0.15) is 0 Å². The minimum Gasteiger partial charge on any atom is -0.396 e. The lowest BCUT2D eigenvalue weighted by Crippen LogP contribution is -2.43. The van der Waals surface area contributed by atoms with Gasteiger partial charge in [0.05, 0.1) is 6.26 Å². The van der Waals surface area contributed by atoms with Gasteiger partial charge in [-0.05, 0) is 19.3 Å². The number of rotatable bonds is 5. The number of carbonyl (C=O) groups is 1. The second-order valence-electron chi connectivity index (χ2n) is 4.77. The molecule has 1 N–H and O–H groups in total. The predicted molar refractivity (Wildman–Crippen MR) is 68.5 cm³/mol. The van der Waals surface area contributed by atoms with E-state index in [1.807, 2.05) is 0 Å². The number of aliphatic hydroxyl groups is 1. The minimum atomic E-state index is -3.13. The first-order chi connectivity index (χ1) is 8.36. The van der Waals surface area contributed by atoms with Gasteiger partial charge in [0.2, 0.25) is 15.9 Å². The number of aliphatic hydroxyl groups excluding tert-OH is 1. The summed E-state index contributed by atoms with van der Waals surface area (Å²) in [6, 6.07) is 0. The van der Waals surface area contributed by atoms with Gasteiger partial charge in [0.25, 0.3) is 0 Å². The monoisotopic (exact) mass is 278 g/mol. The lowest BCUT2D eigenvalue weighted by Gasteiger charge is -2.31. The third-order valence-corrected chi connectivity index (χ3v) is 4.60. The Kier molecular flexibility index (Phi) is 5.55. The van der Waals surface area contributed by atoms with Crippen LogP contribution in [0.15, 0.2) is 0 Å². The van der Waals surface area contributed by atoms with Gasteiger partial charge in [-0.25, -0.2) is 12.7 Å². The molecule has 6 nitrogen and oxygen atoms in total. The molecule has 1 heterocycles. The standard InChI is InChI=1S/C11H22N2O4S/c1-12(6-3-9-14)11(15)10-4-7-13(8-5-10)18(2,16)17/h10,14H,3-9H2,1-2H3. The van der Waals surface area contributed by atoms with Gasteiger partial charge in [-0.15, -0.1) is 0 Å². The van der Waals surface area contributed by atoms with E-state index in [4.69, 9.17) is 5.11 Å². The Hall–Kier alpha value is -0.660. The van der Waals surface area contributed by atoms with E-state index in [1.54, 1.807) is 11.9 Å². The quantitative estimate of drug-likeness (QED) is 0.735. The Morgan fingerprint density at radius 3 is 2.39 bits per heavy atom. The number of carbonyl (C=O) groups excluding carboxylic acids is 1. The first kappa shape index (κ1) is 15.4. The van der Waals surface area contributed by atoms with E-state index in [-0.39, 0.29) is 18.4 Å². The van der Waals surface area contributed by atoms with Gasteiger partial charge in [-0.2, -0.15) is 0 Å². The van der Waals surface area contributed by atoms with Gasteiger partial charge in [-0.1, -0.05) is 0 Å². The lowest BCUT2D eigenvalue weighted by molar-refractivity contribution is -0.135. The van der Waals surface area contributed by atoms with Crippen molar-refractivity contribution < 1.29 is 18.3 Å². The van der Waals surface area contributed by atoms with Crippen LogP contribution in [-0.4, -0.2) is 68.2 Å².